The Labute approximate surface area is 171 Å². The van der Waals surface area contributed by atoms with Crippen LogP contribution in [0.5, 0.6) is 0 Å². The summed E-state index contributed by atoms with van der Waals surface area (Å²) in [5.74, 6) is 1.49. The molecule has 0 aromatic rings. The molecule has 0 aliphatic carbocycles. The first-order chi connectivity index (χ1) is 12.6. The summed E-state index contributed by atoms with van der Waals surface area (Å²) in [5, 5.41) is 0.400. The third-order valence-corrected chi connectivity index (χ3v) is 7.52. The highest BCUT2D eigenvalue weighted by Crippen LogP contribution is 2.38. The monoisotopic (exact) mass is 402 g/mol. The van der Waals surface area contributed by atoms with Gasteiger partial charge in [0.05, 0.1) is 5.60 Å². The first-order valence-electron chi connectivity index (χ1n) is 11.3. The zero-order chi connectivity index (χ0) is 19.7. The molecule has 0 heterocycles. The molecule has 26 heavy (non-hydrogen) atoms. The van der Waals surface area contributed by atoms with Crippen molar-refractivity contribution in [1.82, 2.24) is 0 Å². The van der Waals surface area contributed by atoms with Crippen LogP contribution in [0.4, 0.5) is 0 Å². The molecule has 0 bridgehead atoms. The van der Waals surface area contributed by atoms with Crippen LogP contribution in [-0.4, -0.2) is 27.0 Å². The number of carbonyl (C=O) groups excluding carboxylic acids is 1. The van der Waals surface area contributed by atoms with Gasteiger partial charge in [-0.25, -0.2) is 0 Å². The largest absolute Gasteiger partial charge is 0.422 e. The van der Waals surface area contributed by atoms with E-state index in [-0.39, 0.29) is 5.60 Å². The maximum absolute atomic E-state index is 12.4. The Morgan fingerprint density at radius 1 is 0.885 bits per heavy atom. The van der Waals surface area contributed by atoms with Crippen molar-refractivity contribution in [3.63, 3.8) is 0 Å². The van der Waals surface area contributed by atoms with E-state index >= 15 is 0 Å². The Balaban J connectivity index is 4.69. The second-order valence-electron chi connectivity index (χ2n) is 7.81. The number of carbonyl (C=O) groups is 1. The molecule has 156 valence electrons. The molecular weight excluding hydrogens is 356 g/mol. The molecule has 0 aromatic heterocycles. The Bertz CT molecular complexity index is 338. The van der Waals surface area contributed by atoms with Gasteiger partial charge in [0.25, 0.3) is 0 Å². The summed E-state index contributed by atoms with van der Waals surface area (Å²) in [6, 6.07) is 0. The minimum absolute atomic E-state index is 0.0283. The van der Waals surface area contributed by atoms with Crippen molar-refractivity contribution in [2.24, 2.45) is 5.92 Å². The molecule has 2 unspecified atom stereocenters. The summed E-state index contributed by atoms with van der Waals surface area (Å²) in [6.45, 7) is 9.03. The van der Waals surface area contributed by atoms with Crippen LogP contribution < -0.4 is 0 Å². The van der Waals surface area contributed by atoms with E-state index in [1.807, 2.05) is 0 Å². The van der Waals surface area contributed by atoms with Crippen molar-refractivity contribution < 1.29 is 9.22 Å². The number of hydrogen-bond acceptors (Lipinski definition) is 3. The second-order valence-corrected chi connectivity index (χ2v) is 9.29. The molecule has 0 N–H and O–H groups in total. The normalized spacial score (nSPS) is 15.1. The minimum Gasteiger partial charge on any atom is -0.422 e. The lowest BCUT2D eigenvalue weighted by Gasteiger charge is -2.41. The van der Waals surface area contributed by atoms with Crippen molar-refractivity contribution in [3.05, 3.63) is 0 Å². The van der Waals surface area contributed by atoms with Crippen molar-refractivity contribution in [2.45, 2.75) is 123 Å². The van der Waals surface area contributed by atoms with Crippen molar-refractivity contribution >= 4 is 27.4 Å². The Morgan fingerprint density at radius 3 is 2.12 bits per heavy atom. The fourth-order valence-electron chi connectivity index (χ4n) is 3.89. The van der Waals surface area contributed by atoms with Gasteiger partial charge in [-0.1, -0.05) is 97.2 Å². The van der Waals surface area contributed by atoms with Crippen LogP contribution in [-0.2, 0) is 9.22 Å². The highest BCUT2D eigenvalue weighted by molar-refractivity contribution is 8.13. The fourth-order valence-corrected chi connectivity index (χ4v) is 5.78. The molecule has 0 fully saturated rings. The number of thioether (sulfide) groups is 1. The first-order valence-corrected chi connectivity index (χ1v) is 13.1. The van der Waals surface area contributed by atoms with Crippen molar-refractivity contribution in [2.75, 3.05) is 5.75 Å². The van der Waals surface area contributed by atoms with Crippen LogP contribution in [0.15, 0.2) is 0 Å². The summed E-state index contributed by atoms with van der Waals surface area (Å²) in [7, 11) is 0.795. The van der Waals surface area contributed by atoms with Gasteiger partial charge >= 0.3 is 0 Å². The number of hydrogen-bond donors (Lipinski definition) is 0. The van der Waals surface area contributed by atoms with Crippen LogP contribution in [0.2, 0.25) is 0 Å². The smallest absolute Gasteiger partial charge is 0.188 e. The maximum Gasteiger partial charge on any atom is 0.188 e. The standard InChI is InChI=1S/C22H46O2SSi/c1-5-9-12-13-14-16-21(23)25-19-20(15-10-6-2)22(24-26,17-8-4)18-11-7-3/h20H,5-19H2,1-4,26H3. The van der Waals surface area contributed by atoms with Gasteiger partial charge in [0.2, 0.25) is 0 Å². The molecule has 0 amide bonds. The molecule has 2 atom stereocenters. The van der Waals surface area contributed by atoms with E-state index in [0.717, 1.165) is 35.5 Å². The van der Waals surface area contributed by atoms with Gasteiger partial charge in [-0.15, -0.1) is 0 Å². The highest BCUT2D eigenvalue weighted by atomic mass is 32.2. The molecule has 0 saturated carbocycles. The number of rotatable bonds is 18. The second kappa shape index (κ2) is 17.3. The lowest BCUT2D eigenvalue weighted by atomic mass is 9.78. The van der Waals surface area contributed by atoms with Crippen LogP contribution in [0.1, 0.15) is 118 Å². The average molecular weight is 403 g/mol. The Morgan fingerprint density at radius 2 is 1.54 bits per heavy atom. The summed E-state index contributed by atoms with van der Waals surface area (Å²) in [5.41, 5.74) is 0.0283. The summed E-state index contributed by atoms with van der Waals surface area (Å²) in [4.78, 5) is 12.4. The van der Waals surface area contributed by atoms with E-state index in [9.17, 15) is 4.79 Å². The summed E-state index contributed by atoms with van der Waals surface area (Å²) in [6.07, 6.45) is 16.5. The van der Waals surface area contributed by atoms with E-state index in [1.54, 1.807) is 11.8 Å². The van der Waals surface area contributed by atoms with Gasteiger partial charge < -0.3 is 4.43 Å². The molecule has 0 aliphatic rings. The summed E-state index contributed by atoms with van der Waals surface area (Å²) >= 11 is 1.60. The van der Waals surface area contributed by atoms with Gasteiger partial charge in [0, 0.05) is 12.2 Å². The van der Waals surface area contributed by atoms with Crippen molar-refractivity contribution in [3.8, 4) is 0 Å². The predicted octanol–water partition coefficient (Wildman–Crippen LogP) is 6.44. The van der Waals surface area contributed by atoms with E-state index in [1.165, 1.54) is 70.6 Å². The Hall–Kier alpha value is 0.197. The van der Waals surface area contributed by atoms with Crippen molar-refractivity contribution in [1.29, 1.82) is 0 Å². The fraction of sp³-hybridized carbons (Fsp3) is 0.955. The Kier molecular flexibility index (Phi) is 17.4. The zero-order valence-electron chi connectivity index (χ0n) is 18.4. The molecule has 0 spiro atoms. The lowest BCUT2D eigenvalue weighted by Crippen LogP contribution is -2.42. The van der Waals surface area contributed by atoms with Gasteiger partial charge in [-0.05, 0) is 31.6 Å². The molecule has 4 heteroatoms. The predicted molar refractivity (Wildman–Crippen MR) is 122 cm³/mol. The van der Waals surface area contributed by atoms with E-state index in [2.05, 4.69) is 27.7 Å². The average Bonchev–Trinajstić information content (AvgIpc) is 2.65. The van der Waals surface area contributed by atoms with Gasteiger partial charge in [-0.2, -0.15) is 0 Å². The number of unbranched alkanes of at least 4 members (excludes halogenated alkanes) is 6. The van der Waals surface area contributed by atoms with Crippen LogP contribution in [0.25, 0.3) is 0 Å². The van der Waals surface area contributed by atoms with Crippen LogP contribution in [0.3, 0.4) is 0 Å². The molecular formula is C22H46O2SSi. The molecule has 2 nitrogen and oxygen atoms in total. The zero-order valence-corrected chi connectivity index (χ0v) is 21.2. The lowest BCUT2D eigenvalue weighted by molar-refractivity contribution is -0.111. The molecule has 0 saturated heterocycles. The third kappa shape index (κ3) is 11.1. The third-order valence-electron chi connectivity index (χ3n) is 5.61. The molecule has 0 rings (SSSR count). The molecule has 0 radical (unpaired) electrons. The van der Waals surface area contributed by atoms with E-state index in [4.69, 9.17) is 4.43 Å². The first kappa shape index (κ1) is 26.2. The molecule has 0 aromatic carbocycles. The van der Waals surface area contributed by atoms with E-state index < -0.39 is 0 Å². The van der Waals surface area contributed by atoms with Gasteiger partial charge in [0.1, 0.15) is 10.5 Å². The maximum atomic E-state index is 12.4. The van der Waals surface area contributed by atoms with E-state index in [0.29, 0.717) is 11.0 Å². The van der Waals surface area contributed by atoms with Crippen LogP contribution in [0, 0.1) is 5.92 Å². The quantitative estimate of drug-likeness (QED) is 0.195. The molecule has 0 aliphatic heterocycles. The topological polar surface area (TPSA) is 26.3 Å². The highest BCUT2D eigenvalue weighted by Gasteiger charge is 2.36. The van der Waals surface area contributed by atoms with Gasteiger partial charge in [-0.3, -0.25) is 4.79 Å². The minimum atomic E-state index is 0.0283. The van der Waals surface area contributed by atoms with Gasteiger partial charge in [0.15, 0.2) is 5.12 Å². The SMILES string of the molecule is CCCCCCCC(=O)SCC(CCCC)C(CCC)(CCCC)O[SiH3]. The summed E-state index contributed by atoms with van der Waals surface area (Å²) < 4.78 is 6.31. The van der Waals surface area contributed by atoms with Crippen LogP contribution >= 0.6 is 11.8 Å².